The summed E-state index contributed by atoms with van der Waals surface area (Å²) in [5.74, 6) is 2.39. The third kappa shape index (κ3) is 7.92. The van der Waals surface area contributed by atoms with Crippen LogP contribution < -0.4 is 10.6 Å². The van der Waals surface area contributed by atoms with Crippen molar-refractivity contribution in [2.45, 2.75) is 46.8 Å². The van der Waals surface area contributed by atoms with E-state index in [9.17, 15) is 0 Å². The number of rotatable bonds is 8. The van der Waals surface area contributed by atoms with Crippen molar-refractivity contribution in [3.8, 4) is 0 Å². The van der Waals surface area contributed by atoms with Crippen LogP contribution in [0.5, 0.6) is 0 Å². The summed E-state index contributed by atoms with van der Waals surface area (Å²) in [4.78, 5) is 8.29. The van der Waals surface area contributed by atoms with Gasteiger partial charge in [0.25, 0.3) is 0 Å². The van der Waals surface area contributed by atoms with E-state index in [1.807, 2.05) is 6.92 Å². The van der Waals surface area contributed by atoms with Crippen LogP contribution in [0, 0.1) is 12.8 Å². The maximum absolute atomic E-state index is 5.72. The molecule has 0 aliphatic rings. The number of ether oxygens (including phenoxy) is 1. The predicted octanol–water partition coefficient (Wildman–Crippen LogP) is 2.11. The molecule has 8 heteroatoms. The SMILES string of the molecule is CCOC(CCNC(=NC)NCc1nc(C)no1)C(C)C.I. The van der Waals surface area contributed by atoms with Crippen molar-refractivity contribution in [3.63, 3.8) is 0 Å². The number of nitrogens with one attached hydrogen (secondary N) is 2. The molecule has 0 saturated heterocycles. The highest BCUT2D eigenvalue weighted by Crippen LogP contribution is 2.09. The number of aromatic nitrogens is 2. The van der Waals surface area contributed by atoms with Crippen LogP contribution in [-0.4, -0.2) is 42.4 Å². The molecule has 1 unspecified atom stereocenters. The van der Waals surface area contributed by atoms with Crippen LogP contribution in [0.25, 0.3) is 0 Å². The molecule has 1 atom stereocenters. The van der Waals surface area contributed by atoms with Gasteiger partial charge in [-0.1, -0.05) is 19.0 Å². The highest BCUT2D eigenvalue weighted by molar-refractivity contribution is 14.0. The second kappa shape index (κ2) is 11.6. The maximum Gasteiger partial charge on any atom is 0.246 e. The highest BCUT2D eigenvalue weighted by Gasteiger charge is 2.13. The lowest BCUT2D eigenvalue weighted by molar-refractivity contribution is 0.0258. The molecular weight excluding hydrogens is 397 g/mol. The van der Waals surface area contributed by atoms with Crippen molar-refractivity contribution < 1.29 is 9.26 Å². The first kappa shape index (κ1) is 21.1. The Balaban J connectivity index is 0.00000441. The Labute approximate surface area is 149 Å². The van der Waals surface area contributed by atoms with Gasteiger partial charge in [0.1, 0.15) is 0 Å². The van der Waals surface area contributed by atoms with Crippen molar-refractivity contribution in [1.29, 1.82) is 0 Å². The van der Waals surface area contributed by atoms with Crippen LogP contribution in [-0.2, 0) is 11.3 Å². The summed E-state index contributed by atoms with van der Waals surface area (Å²) in [6, 6.07) is 0. The topological polar surface area (TPSA) is 84.6 Å². The molecular formula is C14H28IN5O2. The Morgan fingerprint density at radius 3 is 2.59 bits per heavy atom. The first-order valence-corrected chi connectivity index (χ1v) is 7.42. The van der Waals surface area contributed by atoms with Gasteiger partial charge in [0, 0.05) is 20.2 Å². The van der Waals surface area contributed by atoms with Crippen LogP contribution in [0.2, 0.25) is 0 Å². The third-order valence-electron chi connectivity index (χ3n) is 3.05. The molecule has 1 rings (SSSR count). The first-order chi connectivity index (χ1) is 10.1. The van der Waals surface area contributed by atoms with Gasteiger partial charge in [-0.2, -0.15) is 4.98 Å². The van der Waals surface area contributed by atoms with E-state index >= 15 is 0 Å². The normalized spacial score (nSPS) is 12.9. The number of aliphatic imine (C=N–C) groups is 1. The molecule has 0 amide bonds. The van der Waals surface area contributed by atoms with E-state index in [1.54, 1.807) is 14.0 Å². The molecule has 0 fully saturated rings. The Morgan fingerprint density at radius 2 is 2.09 bits per heavy atom. The van der Waals surface area contributed by atoms with E-state index < -0.39 is 0 Å². The van der Waals surface area contributed by atoms with Crippen molar-refractivity contribution in [2.75, 3.05) is 20.2 Å². The molecule has 1 heterocycles. The van der Waals surface area contributed by atoms with E-state index in [4.69, 9.17) is 9.26 Å². The van der Waals surface area contributed by atoms with Crippen LogP contribution in [0.3, 0.4) is 0 Å². The van der Waals surface area contributed by atoms with Gasteiger partial charge < -0.3 is 19.9 Å². The Kier molecular flexibility index (Phi) is 11.2. The number of nitrogens with zero attached hydrogens (tertiary/aromatic N) is 3. The summed E-state index contributed by atoms with van der Waals surface area (Å²) in [6.45, 7) is 10.2. The fourth-order valence-electron chi connectivity index (χ4n) is 1.95. The minimum Gasteiger partial charge on any atom is -0.378 e. The summed E-state index contributed by atoms with van der Waals surface area (Å²) in [7, 11) is 1.73. The van der Waals surface area contributed by atoms with E-state index in [-0.39, 0.29) is 30.1 Å². The van der Waals surface area contributed by atoms with Crippen LogP contribution >= 0.6 is 24.0 Å². The molecule has 0 aliphatic carbocycles. The largest absolute Gasteiger partial charge is 0.378 e. The van der Waals surface area contributed by atoms with Crippen molar-refractivity contribution in [3.05, 3.63) is 11.7 Å². The standard InChI is InChI=1S/C14H27N5O2.HI/c1-6-20-12(10(2)3)7-8-16-14(15-5)17-9-13-18-11(4)19-21-13;/h10,12H,6-9H2,1-5H3,(H2,15,16,17);1H. The van der Waals surface area contributed by atoms with Gasteiger partial charge >= 0.3 is 0 Å². The van der Waals surface area contributed by atoms with Crippen molar-refractivity contribution in [2.24, 2.45) is 10.9 Å². The van der Waals surface area contributed by atoms with Crippen LogP contribution in [0.1, 0.15) is 38.9 Å². The fraction of sp³-hybridized carbons (Fsp3) is 0.786. The second-order valence-electron chi connectivity index (χ2n) is 5.11. The van der Waals surface area contributed by atoms with Gasteiger partial charge in [-0.15, -0.1) is 24.0 Å². The molecule has 0 spiro atoms. The van der Waals surface area contributed by atoms with E-state index in [1.165, 1.54) is 0 Å². The summed E-state index contributed by atoms with van der Waals surface area (Å²) in [5, 5.41) is 10.1. The lowest BCUT2D eigenvalue weighted by Gasteiger charge is -2.21. The summed E-state index contributed by atoms with van der Waals surface area (Å²) >= 11 is 0. The van der Waals surface area contributed by atoms with Gasteiger partial charge in [-0.05, 0) is 26.2 Å². The zero-order valence-corrected chi connectivity index (χ0v) is 16.4. The molecule has 2 N–H and O–H groups in total. The van der Waals surface area contributed by atoms with E-state index in [2.05, 4.69) is 39.6 Å². The number of hydrogen-bond acceptors (Lipinski definition) is 5. The smallest absolute Gasteiger partial charge is 0.246 e. The summed E-state index contributed by atoms with van der Waals surface area (Å²) in [6.07, 6.45) is 1.20. The third-order valence-corrected chi connectivity index (χ3v) is 3.05. The lowest BCUT2D eigenvalue weighted by Crippen LogP contribution is -2.39. The minimum absolute atomic E-state index is 0. The zero-order valence-electron chi connectivity index (χ0n) is 14.0. The van der Waals surface area contributed by atoms with Gasteiger partial charge in [0.15, 0.2) is 11.8 Å². The minimum atomic E-state index is 0. The van der Waals surface area contributed by atoms with Crippen LogP contribution in [0.15, 0.2) is 9.52 Å². The number of hydrogen-bond donors (Lipinski definition) is 2. The summed E-state index contributed by atoms with van der Waals surface area (Å²) < 4.78 is 10.8. The molecule has 0 bridgehead atoms. The van der Waals surface area contributed by atoms with Gasteiger partial charge in [-0.25, -0.2) is 0 Å². The van der Waals surface area contributed by atoms with Gasteiger partial charge in [0.05, 0.1) is 12.6 Å². The zero-order chi connectivity index (χ0) is 15.7. The van der Waals surface area contributed by atoms with E-state index in [0.29, 0.717) is 30.1 Å². The average molecular weight is 425 g/mol. The monoisotopic (exact) mass is 425 g/mol. The van der Waals surface area contributed by atoms with E-state index in [0.717, 1.165) is 19.6 Å². The van der Waals surface area contributed by atoms with Gasteiger partial charge in [-0.3, -0.25) is 4.99 Å². The fourth-order valence-corrected chi connectivity index (χ4v) is 1.95. The van der Waals surface area contributed by atoms with Crippen LogP contribution in [0.4, 0.5) is 0 Å². The molecule has 7 nitrogen and oxygen atoms in total. The van der Waals surface area contributed by atoms with Gasteiger partial charge in [0.2, 0.25) is 5.89 Å². The van der Waals surface area contributed by atoms with Crippen molar-refractivity contribution >= 4 is 29.9 Å². The molecule has 0 aliphatic heterocycles. The predicted molar refractivity (Wildman–Crippen MR) is 97.5 cm³/mol. The molecule has 0 aromatic carbocycles. The Morgan fingerprint density at radius 1 is 1.36 bits per heavy atom. The number of halogens is 1. The lowest BCUT2D eigenvalue weighted by atomic mass is 10.0. The number of aryl methyl sites for hydroxylation is 1. The highest BCUT2D eigenvalue weighted by atomic mass is 127. The molecule has 0 radical (unpaired) electrons. The molecule has 1 aromatic heterocycles. The molecule has 22 heavy (non-hydrogen) atoms. The average Bonchev–Trinajstić information content (AvgIpc) is 2.86. The Bertz CT molecular complexity index is 437. The molecule has 128 valence electrons. The maximum atomic E-state index is 5.72. The molecule has 1 aromatic rings. The Hall–Kier alpha value is -0.900. The molecule has 0 saturated carbocycles. The second-order valence-corrected chi connectivity index (χ2v) is 5.11. The number of guanidine groups is 1. The summed E-state index contributed by atoms with van der Waals surface area (Å²) in [5.41, 5.74) is 0. The first-order valence-electron chi connectivity index (χ1n) is 7.42. The quantitative estimate of drug-likeness (QED) is 0.377. The van der Waals surface area contributed by atoms with Crippen molar-refractivity contribution in [1.82, 2.24) is 20.8 Å².